The van der Waals surface area contributed by atoms with Gasteiger partial charge in [0, 0.05) is 10.4 Å². The molecule has 1 aromatic heterocycles. The van der Waals surface area contributed by atoms with Gasteiger partial charge in [-0.1, -0.05) is 50.2 Å². The summed E-state index contributed by atoms with van der Waals surface area (Å²) in [4.78, 5) is 26.5. The van der Waals surface area contributed by atoms with E-state index in [0.29, 0.717) is 22.1 Å². The van der Waals surface area contributed by atoms with E-state index in [2.05, 4.69) is 5.32 Å². The molecular formula is C32H30N2O5S. The Hall–Kier alpha value is -4.61. The van der Waals surface area contributed by atoms with Crippen molar-refractivity contribution >= 4 is 45.1 Å². The number of nitrogens with zero attached hydrogens (tertiary/aromatic N) is 1. The molecule has 0 saturated carbocycles. The van der Waals surface area contributed by atoms with Gasteiger partial charge < -0.3 is 19.5 Å². The number of ether oxygens (including phenoxy) is 3. The molecule has 0 fully saturated rings. The molecule has 3 aromatic carbocycles. The first-order chi connectivity index (χ1) is 19.3. The van der Waals surface area contributed by atoms with Gasteiger partial charge in [-0.3, -0.25) is 4.79 Å². The topological polar surface area (TPSA) is 97.7 Å². The molecular weight excluding hydrogens is 524 g/mol. The first-order valence-corrected chi connectivity index (χ1v) is 13.7. The molecule has 0 aliphatic rings. The Balaban J connectivity index is 1.55. The summed E-state index contributed by atoms with van der Waals surface area (Å²) in [6, 6.07) is 23.0. The first kappa shape index (κ1) is 28.4. The molecule has 1 heterocycles. The molecule has 204 valence electrons. The van der Waals surface area contributed by atoms with Crippen molar-refractivity contribution in [2.45, 2.75) is 33.3 Å². The minimum absolute atomic E-state index is 0.110. The number of fused-ring (bicyclic) bond motifs is 1. The zero-order chi connectivity index (χ0) is 28.6. The lowest BCUT2D eigenvalue weighted by Gasteiger charge is -2.12. The predicted octanol–water partition coefficient (Wildman–Crippen LogP) is 7.33. The predicted molar refractivity (Wildman–Crippen MR) is 158 cm³/mol. The largest absolute Gasteiger partial charge is 0.496 e. The average Bonchev–Trinajstić information content (AvgIpc) is 3.39. The molecule has 0 radical (unpaired) electrons. The molecule has 40 heavy (non-hydrogen) atoms. The number of amides is 1. The highest BCUT2D eigenvalue weighted by molar-refractivity contribution is 7.16. The van der Waals surface area contributed by atoms with E-state index < -0.39 is 11.9 Å². The maximum atomic E-state index is 13.1. The van der Waals surface area contributed by atoms with Gasteiger partial charge >= 0.3 is 5.97 Å². The van der Waals surface area contributed by atoms with Crippen LogP contribution in [0.2, 0.25) is 0 Å². The summed E-state index contributed by atoms with van der Waals surface area (Å²) >= 11 is 1.29. The molecule has 0 saturated heterocycles. The average molecular weight is 555 g/mol. The molecule has 0 atom stereocenters. The number of carbonyl (C=O) groups is 2. The molecule has 0 aliphatic heterocycles. The van der Waals surface area contributed by atoms with Crippen molar-refractivity contribution in [3.63, 3.8) is 0 Å². The van der Waals surface area contributed by atoms with Gasteiger partial charge in [0.2, 0.25) is 0 Å². The maximum absolute atomic E-state index is 13.1. The zero-order valence-electron chi connectivity index (χ0n) is 22.8. The zero-order valence-corrected chi connectivity index (χ0v) is 23.6. The van der Waals surface area contributed by atoms with Crippen LogP contribution in [0, 0.1) is 11.3 Å². The number of thiophene rings is 1. The molecule has 8 heteroatoms. The van der Waals surface area contributed by atoms with Crippen LogP contribution in [0.3, 0.4) is 0 Å². The fourth-order valence-electron chi connectivity index (χ4n) is 4.05. The van der Waals surface area contributed by atoms with E-state index in [1.807, 2.05) is 68.4 Å². The second kappa shape index (κ2) is 13.0. The van der Waals surface area contributed by atoms with Gasteiger partial charge in [0.25, 0.3) is 5.91 Å². The van der Waals surface area contributed by atoms with Gasteiger partial charge in [0.05, 0.1) is 19.3 Å². The highest BCUT2D eigenvalue weighted by Gasteiger charge is 2.21. The van der Waals surface area contributed by atoms with Crippen LogP contribution in [-0.4, -0.2) is 25.6 Å². The highest BCUT2D eigenvalue weighted by Crippen LogP contribution is 2.34. The van der Waals surface area contributed by atoms with Gasteiger partial charge in [-0.15, -0.1) is 11.3 Å². The van der Waals surface area contributed by atoms with Crippen molar-refractivity contribution in [2.24, 2.45) is 0 Å². The Morgan fingerprint density at radius 1 is 1.05 bits per heavy atom. The third-order valence-electron chi connectivity index (χ3n) is 6.14. The van der Waals surface area contributed by atoms with Crippen molar-refractivity contribution < 1.29 is 23.8 Å². The van der Waals surface area contributed by atoms with Crippen molar-refractivity contribution in [1.29, 1.82) is 5.26 Å². The van der Waals surface area contributed by atoms with Crippen LogP contribution in [0.25, 0.3) is 16.8 Å². The van der Waals surface area contributed by atoms with Gasteiger partial charge in [0.1, 0.15) is 34.7 Å². The number of hydrogen-bond acceptors (Lipinski definition) is 7. The number of nitrogens with one attached hydrogen (secondary N) is 1. The van der Waals surface area contributed by atoms with Crippen LogP contribution in [-0.2, 0) is 16.1 Å². The van der Waals surface area contributed by atoms with E-state index in [9.17, 15) is 14.9 Å². The molecule has 0 spiro atoms. The van der Waals surface area contributed by atoms with Crippen LogP contribution in [0.4, 0.5) is 5.00 Å². The number of benzene rings is 3. The molecule has 4 rings (SSSR count). The number of hydrogen-bond donors (Lipinski definition) is 1. The van der Waals surface area contributed by atoms with Crippen molar-refractivity contribution in [1.82, 2.24) is 0 Å². The van der Waals surface area contributed by atoms with Gasteiger partial charge in [-0.2, -0.15) is 5.26 Å². The summed E-state index contributed by atoms with van der Waals surface area (Å²) in [6.07, 6.45) is 1.50. The monoisotopic (exact) mass is 554 g/mol. The molecule has 0 unspecified atom stereocenters. The molecule has 1 amide bonds. The van der Waals surface area contributed by atoms with Crippen molar-refractivity contribution in [3.05, 3.63) is 93.9 Å². The standard InChI is InChI=1S/C32H30N2O5S/c1-5-38-32(36)27-17-29(20(2)3)40-31(27)34-30(35)24(18-33)14-21-10-13-28(37-4)25(15-21)19-39-26-12-11-22-8-6-7-9-23(22)16-26/h6-17,20H,5,19H2,1-4H3,(H,34,35)/b24-14+. The smallest absolute Gasteiger partial charge is 0.341 e. The Labute approximate surface area is 237 Å². The Morgan fingerprint density at radius 3 is 2.52 bits per heavy atom. The van der Waals surface area contributed by atoms with Gasteiger partial charge in [-0.05, 0) is 65.6 Å². The van der Waals surface area contributed by atoms with E-state index in [1.54, 1.807) is 32.2 Å². The number of esters is 1. The third kappa shape index (κ3) is 6.68. The van der Waals surface area contributed by atoms with E-state index >= 15 is 0 Å². The van der Waals surface area contributed by atoms with Crippen LogP contribution < -0.4 is 14.8 Å². The number of nitriles is 1. The second-order valence-corrected chi connectivity index (χ2v) is 10.3. The lowest BCUT2D eigenvalue weighted by atomic mass is 10.1. The van der Waals surface area contributed by atoms with E-state index in [1.165, 1.54) is 17.4 Å². The first-order valence-electron chi connectivity index (χ1n) is 12.9. The Morgan fingerprint density at radius 2 is 1.82 bits per heavy atom. The maximum Gasteiger partial charge on any atom is 0.341 e. The number of carbonyl (C=O) groups excluding carboxylic acids is 2. The lowest BCUT2D eigenvalue weighted by molar-refractivity contribution is -0.112. The van der Waals surface area contributed by atoms with Gasteiger partial charge in [0.15, 0.2) is 0 Å². The van der Waals surface area contributed by atoms with Gasteiger partial charge in [-0.25, -0.2) is 4.79 Å². The van der Waals surface area contributed by atoms with Crippen LogP contribution in [0.1, 0.15) is 53.1 Å². The Bertz CT molecular complexity index is 1610. The molecule has 1 N–H and O–H groups in total. The summed E-state index contributed by atoms with van der Waals surface area (Å²) in [5.74, 6) is 0.363. The second-order valence-electron chi connectivity index (χ2n) is 9.26. The van der Waals surface area contributed by atoms with E-state index in [0.717, 1.165) is 21.2 Å². The summed E-state index contributed by atoms with van der Waals surface area (Å²) in [7, 11) is 1.58. The normalized spacial score (nSPS) is 11.2. The Kier molecular flexibility index (Phi) is 9.20. The number of anilines is 1. The minimum atomic E-state index is -0.616. The fraction of sp³-hybridized carbons (Fsp3) is 0.219. The van der Waals surface area contributed by atoms with Crippen LogP contribution in [0.15, 0.2) is 72.3 Å². The fourth-order valence-corrected chi connectivity index (χ4v) is 5.10. The summed E-state index contributed by atoms with van der Waals surface area (Å²) in [5.41, 5.74) is 1.55. The number of rotatable bonds is 10. The van der Waals surface area contributed by atoms with Crippen molar-refractivity contribution in [2.75, 3.05) is 19.0 Å². The summed E-state index contributed by atoms with van der Waals surface area (Å²) in [5, 5.41) is 15.1. The number of methoxy groups -OCH3 is 1. The van der Waals surface area contributed by atoms with Crippen LogP contribution in [0.5, 0.6) is 11.5 Å². The van der Waals surface area contributed by atoms with Crippen LogP contribution >= 0.6 is 11.3 Å². The van der Waals surface area contributed by atoms with E-state index in [4.69, 9.17) is 14.2 Å². The summed E-state index contributed by atoms with van der Waals surface area (Å²) < 4.78 is 16.7. The minimum Gasteiger partial charge on any atom is -0.496 e. The quantitative estimate of drug-likeness (QED) is 0.125. The van der Waals surface area contributed by atoms with Crippen molar-refractivity contribution in [3.8, 4) is 17.6 Å². The highest BCUT2D eigenvalue weighted by atomic mass is 32.1. The lowest BCUT2D eigenvalue weighted by Crippen LogP contribution is -2.15. The van der Waals surface area contributed by atoms with E-state index in [-0.39, 0.29) is 30.3 Å². The molecule has 0 aliphatic carbocycles. The molecule has 0 bridgehead atoms. The SMILES string of the molecule is CCOC(=O)c1cc(C(C)C)sc1NC(=O)/C(C#N)=C/c1ccc(OC)c(COc2ccc3ccccc3c2)c1. The summed E-state index contributed by atoms with van der Waals surface area (Å²) in [6.45, 7) is 6.16. The molecule has 4 aromatic rings. The molecule has 7 nitrogen and oxygen atoms in total. The third-order valence-corrected chi connectivity index (χ3v) is 7.49.